The first-order valence-electron chi connectivity index (χ1n) is 14.9. The molecule has 0 spiro atoms. The molecule has 0 aliphatic heterocycles. The summed E-state index contributed by atoms with van der Waals surface area (Å²) in [5.41, 5.74) is 3.27. The number of fused-ring (bicyclic) bond motifs is 2. The molecule has 6 heterocycles. The van der Waals surface area contributed by atoms with Gasteiger partial charge in [0.05, 0.1) is 25.7 Å². The van der Waals surface area contributed by atoms with E-state index in [-0.39, 0.29) is 10.6 Å². The van der Waals surface area contributed by atoms with Crippen LogP contribution < -0.4 is 10.6 Å². The Morgan fingerprint density at radius 1 is 0.659 bits per heavy atom. The van der Waals surface area contributed by atoms with E-state index in [1.54, 1.807) is 22.7 Å². The molecular formula is C30H32Cl2N10S2. The Hall–Kier alpha value is -3.32. The first kappa shape index (κ1) is 29.4. The number of aromatic nitrogens is 8. The molecule has 0 aromatic carbocycles. The van der Waals surface area contributed by atoms with Crippen molar-refractivity contribution in [1.82, 2.24) is 39.0 Å². The van der Waals surface area contributed by atoms with E-state index in [2.05, 4.69) is 72.6 Å². The lowest BCUT2D eigenvalue weighted by Crippen LogP contribution is -2.06. The summed E-state index contributed by atoms with van der Waals surface area (Å²) in [7, 11) is 0. The highest BCUT2D eigenvalue weighted by Crippen LogP contribution is 2.34. The zero-order valence-electron chi connectivity index (χ0n) is 24.0. The van der Waals surface area contributed by atoms with Gasteiger partial charge in [0.2, 0.25) is 10.6 Å². The smallest absolute Gasteiger partial charge is 0.226 e. The molecule has 0 saturated heterocycles. The molecule has 0 unspecified atom stereocenters. The van der Waals surface area contributed by atoms with Gasteiger partial charge in [0.1, 0.15) is 0 Å². The lowest BCUT2D eigenvalue weighted by molar-refractivity contribution is 0.529. The fraction of sp³-hybridized carbons (Fsp3) is 0.400. The maximum absolute atomic E-state index is 6.12. The van der Waals surface area contributed by atoms with Gasteiger partial charge in [-0.05, 0) is 71.8 Å². The van der Waals surface area contributed by atoms with Gasteiger partial charge >= 0.3 is 0 Å². The van der Waals surface area contributed by atoms with Gasteiger partial charge in [-0.1, -0.05) is 37.8 Å². The van der Waals surface area contributed by atoms with Crippen LogP contribution in [0.15, 0.2) is 47.7 Å². The Balaban J connectivity index is 0.000000142. The quantitative estimate of drug-likeness (QED) is 0.155. The van der Waals surface area contributed by atoms with Crippen LogP contribution in [0.4, 0.5) is 11.6 Å². The average molecular weight is 668 g/mol. The maximum Gasteiger partial charge on any atom is 0.226 e. The van der Waals surface area contributed by atoms with Gasteiger partial charge < -0.3 is 19.8 Å². The Bertz CT molecular complexity index is 1690. The molecular weight excluding hydrogens is 635 g/mol. The van der Waals surface area contributed by atoms with Crippen LogP contribution in [-0.4, -0.2) is 39.0 Å². The second-order valence-corrected chi connectivity index (χ2v) is 13.8. The van der Waals surface area contributed by atoms with Crippen LogP contribution >= 0.6 is 45.9 Å². The number of hydrogen-bond acceptors (Lipinski definition) is 10. The summed E-state index contributed by atoms with van der Waals surface area (Å²) in [6, 6.07) is 9.24. The molecule has 10 nitrogen and oxygen atoms in total. The molecule has 2 aliphatic carbocycles. The summed E-state index contributed by atoms with van der Waals surface area (Å²) in [5.74, 6) is 1.42. The topological polar surface area (TPSA) is 111 Å². The molecule has 0 radical (unpaired) electrons. The molecule has 0 amide bonds. The third kappa shape index (κ3) is 6.39. The monoisotopic (exact) mass is 666 g/mol. The third-order valence-electron chi connectivity index (χ3n) is 8.24. The highest BCUT2D eigenvalue weighted by atomic mass is 35.5. The van der Waals surface area contributed by atoms with Gasteiger partial charge in [-0.15, -0.1) is 22.7 Å². The van der Waals surface area contributed by atoms with E-state index in [1.807, 2.05) is 24.8 Å². The highest BCUT2D eigenvalue weighted by Gasteiger charge is 2.23. The lowest BCUT2D eigenvalue weighted by atomic mass is 10.2. The second-order valence-electron chi connectivity index (χ2n) is 11.1. The summed E-state index contributed by atoms with van der Waals surface area (Å²) in [5, 5.41) is 11.3. The van der Waals surface area contributed by atoms with Gasteiger partial charge in [0.15, 0.2) is 34.0 Å². The van der Waals surface area contributed by atoms with Gasteiger partial charge in [-0.3, -0.25) is 0 Å². The molecule has 44 heavy (non-hydrogen) atoms. The number of thiophene rings is 2. The number of hydrogen-bond donors (Lipinski definition) is 2. The molecule has 2 aliphatic rings. The van der Waals surface area contributed by atoms with Gasteiger partial charge in [-0.2, -0.15) is 19.9 Å². The average Bonchev–Trinajstić information content (AvgIpc) is 3.87. The van der Waals surface area contributed by atoms with Crippen molar-refractivity contribution in [3.05, 3.63) is 68.0 Å². The molecule has 8 rings (SSSR count). The van der Waals surface area contributed by atoms with E-state index in [4.69, 9.17) is 23.2 Å². The van der Waals surface area contributed by atoms with Crippen LogP contribution in [0.2, 0.25) is 10.6 Å². The minimum atomic E-state index is 0.265. The van der Waals surface area contributed by atoms with Crippen molar-refractivity contribution in [3.63, 3.8) is 0 Å². The molecule has 228 valence electrons. The van der Waals surface area contributed by atoms with Crippen LogP contribution in [-0.2, 0) is 13.1 Å². The fourth-order valence-corrected chi connectivity index (χ4v) is 7.71. The van der Waals surface area contributed by atoms with Gasteiger partial charge in [0.25, 0.3) is 0 Å². The van der Waals surface area contributed by atoms with Crippen molar-refractivity contribution in [2.75, 3.05) is 10.6 Å². The Morgan fingerprint density at radius 2 is 1.09 bits per heavy atom. The number of halogens is 2. The number of rotatable bonds is 8. The molecule has 2 N–H and O–H groups in total. The van der Waals surface area contributed by atoms with Gasteiger partial charge in [-0.25, -0.2) is 9.97 Å². The highest BCUT2D eigenvalue weighted by molar-refractivity contribution is 7.10. The van der Waals surface area contributed by atoms with E-state index in [0.29, 0.717) is 23.7 Å². The Morgan fingerprint density at radius 3 is 1.48 bits per heavy atom. The van der Waals surface area contributed by atoms with E-state index in [9.17, 15) is 0 Å². The van der Waals surface area contributed by atoms with E-state index < -0.39 is 0 Å². The van der Waals surface area contributed by atoms with Crippen molar-refractivity contribution >= 4 is 79.8 Å². The van der Waals surface area contributed by atoms with Crippen LogP contribution in [0.3, 0.4) is 0 Å². The normalized spacial score (nSPS) is 15.7. The van der Waals surface area contributed by atoms with Crippen molar-refractivity contribution in [2.45, 2.75) is 76.5 Å². The zero-order valence-corrected chi connectivity index (χ0v) is 27.1. The maximum atomic E-state index is 6.12. The van der Waals surface area contributed by atoms with Crippen LogP contribution in [0.1, 0.15) is 73.2 Å². The van der Waals surface area contributed by atoms with Crippen LogP contribution in [0.5, 0.6) is 0 Å². The Kier molecular flexibility index (Phi) is 8.92. The number of imidazole rings is 2. The largest absolute Gasteiger partial charge is 0.363 e. The first-order valence-corrected chi connectivity index (χ1v) is 17.5. The summed E-state index contributed by atoms with van der Waals surface area (Å²) >= 11 is 15.7. The summed E-state index contributed by atoms with van der Waals surface area (Å²) in [4.78, 5) is 29.0. The number of nitrogens with one attached hydrogen (secondary N) is 2. The second kappa shape index (κ2) is 13.4. The first-order chi connectivity index (χ1) is 21.6. The van der Waals surface area contributed by atoms with E-state index >= 15 is 0 Å². The molecule has 0 bridgehead atoms. The fourth-order valence-electron chi connectivity index (χ4n) is 6.09. The third-order valence-corrected chi connectivity index (χ3v) is 10.3. The number of nitrogens with zero attached hydrogens (tertiary/aromatic N) is 8. The predicted molar refractivity (Wildman–Crippen MR) is 179 cm³/mol. The minimum absolute atomic E-state index is 0.265. The number of anilines is 2. The lowest BCUT2D eigenvalue weighted by Gasteiger charge is -2.12. The molecule has 2 fully saturated rings. The van der Waals surface area contributed by atoms with E-state index in [1.165, 1.54) is 61.1 Å². The van der Waals surface area contributed by atoms with Crippen LogP contribution in [0, 0.1) is 0 Å². The summed E-state index contributed by atoms with van der Waals surface area (Å²) in [6.45, 7) is 1.44. The van der Waals surface area contributed by atoms with E-state index in [0.717, 1.165) is 35.4 Å². The van der Waals surface area contributed by atoms with Crippen molar-refractivity contribution in [1.29, 1.82) is 0 Å². The van der Waals surface area contributed by atoms with Crippen molar-refractivity contribution in [2.24, 2.45) is 0 Å². The summed E-state index contributed by atoms with van der Waals surface area (Å²) in [6.07, 6.45) is 13.6. The standard InChI is InChI=1S/2C15H16ClN5S/c2*16-15-19-13(17-8-11-6-3-7-22-11)12-14(20-15)21(9-18-12)10-4-1-2-5-10/h2*3,6-7,9-10H,1-2,4-5,8H2,(H,17,19,20). The van der Waals surface area contributed by atoms with Crippen molar-refractivity contribution in [3.8, 4) is 0 Å². The molecule has 6 aromatic heterocycles. The van der Waals surface area contributed by atoms with Crippen LogP contribution in [0.25, 0.3) is 22.3 Å². The minimum Gasteiger partial charge on any atom is -0.363 e. The Labute approximate surface area is 272 Å². The zero-order chi connectivity index (χ0) is 29.9. The SMILES string of the molecule is Clc1nc(NCc2cccs2)c2ncn(C3CCCC3)c2n1.Clc1nc(NCc2cccs2)c2ncn(C3CCCC3)c2n1. The molecule has 0 atom stereocenters. The summed E-state index contributed by atoms with van der Waals surface area (Å²) < 4.78 is 4.32. The molecule has 6 aromatic rings. The molecule has 14 heteroatoms. The van der Waals surface area contributed by atoms with Crippen molar-refractivity contribution < 1.29 is 0 Å². The van der Waals surface area contributed by atoms with Gasteiger partial charge in [0, 0.05) is 21.8 Å². The molecule has 2 saturated carbocycles. The predicted octanol–water partition coefficient (Wildman–Crippen LogP) is 8.54.